The maximum Gasteiger partial charge on any atom is 0.340 e. The molecule has 0 rings (SSSR count). The second-order valence-electron chi connectivity index (χ2n) is 3.49. The number of rotatable bonds is 8. The van der Waals surface area contributed by atoms with Crippen molar-refractivity contribution in [2.45, 2.75) is 33.2 Å². The van der Waals surface area contributed by atoms with Gasteiger partial charge in [0.15, 0.2) is 0 Å². The fourth-order valence-corrected chi connectivity index (χ4v) is 1.22. The van der Waals surface area contributed by atoms with E-state index in [4.69, 9.17) is 0 Å². The summed E-state index contributed by atoms with van der Waals surface area (Å²) < 4.78 is 13.9. The quantitative estimate of drug-likeness (QED) is 0.366. The first-order valence-corrected chi connectivity index (χ1v) is 6.24. The molecule has 0 atom stereocenters. The van der Waals surface area contributed by atoms with Gasteiger partial charge in [-0.1, -0.05) is 0 Å². The van der Waals surface area contributed by atoms with E-state index < -0.39 is 36.3 Å². The van der Waals surface area contributed by atoms with Gasteiger partial charge in [-0.15, -0.1) is 0 Å². The van der Waals surface area contributed by atoms with Crippen molar-refractivity contribution in [1.29, 1.82) is 0 Å². The summed E-state index contributed by atoms with van der Waals surface area (Å²) in [6, 6.07) is -1.59. The minimum atomic E-state index is -1.59. The monoisotopic (exact) mass is 289 g/mol. The van der Waals surface area contributed by atoms with E-state index in [-0.39, 0.29) is 19.8 Å². The molecule has 0 aliphatic rings. The van der Waals surface area contributed by atoms with Gasteiger partial charge in [-0.25, -0.2) is 9.59 Å². The highest BCUT2D eigenvalue weighted by molar-refractivity contribution is 6.04. The Morgan fingerprint density at radius 1 is 0.850 bits per heavy atom. The molecule has 114 valence electrons. The van der Waals surface area contributed by atoms with E-state index in [0.29, 0.717) is 0 Å². The molecule has 20 heavy (non-hydrogen) atoms. The van der Waals surface area contributed by atoms with Crippen molar-refractivity contribution < 1.29 is 33.4 Å². The predicted molar refractivity (Wildman–Crippen MR) is 66.4 cm³/mol. The third-order valence-electron chi connectivity index (χ3n) is 1.96. The minimum Gasteiger partial charge on any atom is -0.466 e. The first-order valence-electron chi connectivity index (χ1n) is 6.24. The Labute approximate surface area is 116 Å². The third kappa shape index (κ3) is 6.72. The lowest BCUT2D eigenvalue weighted by molar-refractivity contribution is -0.160. The zero-order chi connectivity index (χ0) is 15.5. The molecule has 0 spiro atoms. The van der Waals surface area contributed by atoms with Gasteiger partial charge < -0.3 is 19.5 Å². The Morgan fingerprint density at radius 3 is 1.70 bits per heavy atom. The summed E-state index contributed by atoms with van der Waals surface area (Å²) >= 11 is 0. The molecule has 0 unspecified atom stereocenters. The molecule has 0 aliphatic carbocycles. The molecule has 8 heteroatoms. The second kappa shape index (κ2) is 9.76. The molecular weight excluding hydrogens is 270 g/mol. The van der Waals surface area contributed by atoms with E-state index in [1.807, 2.05) is 0 Å². The van der Waals surface area contributed by atoms with Crippen LogP contribution in [0.3, 0.4) is 0 Å². The number of hydrogen-bond acceptors (Lipinski definition) is 7. The van der Waals surface area contributed by atoms with Crippen LogP contribution in [-0.2, 0) is 33.4 Å². The molecule has 0 aromatic heterocycles. The number of esters is 3. The van der Waals surface area contributed by atoms with Gasteiger partial charge >= 0.3 is 17.9 Å². The predicted octanol–water partition coefficient (Wildman–Crippen LogP) is -0.449. The summed E-state index contributed by atoms with van der Waals surface area (Å²) in [6.07, 6.45) is -0.594. The van der Waals surface area contributed by atoms with Gasteiger partial charge in [0.25, 0.3) is 0 Å². The van der Waals surface area contributed by atoms with Crippen molar-refractivity contribution >= 4 is 23.8 Å². The number of carbonyl (C=O) groups excluding carboxylic acids is 4. The fraction of sp³-hybridized carbons (Fsp3) is 0.667. The summed E-state index contributed by atoms with van der Waals surface area (Å²) in [5, 5.41) is 2.09. The van der Waals surface area contributed by atoms with Gasteiger partial charge in [0.1, 0.15) is 6.42 Å². The molecule has 0 aromatic carbocycles. The van der Waals surface area contributed by atoms with Crippen LogP contribution in [0.15, 0.2) is 0 Å². The average Bonchev–Trinajstić information content (AvgIpc) is 2.36. The number of ether oxygens (including phenoxy) is 3. The highest BCUT2D eigenvalue weighted by atomic mass is 16.6. The average molecular weight is 289 g/mol. The molecule has 0 aliphatic heterocycles. The van der Waals surface area contributed by atoms with Gasteiger partial charge in [0, 0.05) is 0 Å². The lowest BCUT2D eigenvalue weighted by Crippen LogP contribution is -2.48. The summed E-state index contributed by atoms with van der Waals surface area (Å²) in [5.74, 6) is -3.46. The van der Waals surface area contributed by atoms with Crippen molar-refractivity contribution in [3.8, 4) is 0 Å². The summed E-state index contributed by atoms with van der Waals surface area (Å²) in [7, 11) is 0. The number of carbonyl (C=O) groups is 4. The van der Waals surface area contributed by atoms with Crippen molar-refractivity contribution in [2.24, 2.45) is 0 Å². The lowest BCUT2D eigenvalue weighted by atomic mass is 10.2. The van der Waals surface area contributed by atoms with Crippen molar-refractivity contribution in [3.05, 3.63) is 0 Å². The topological polar surface area (TPSA) is 108 Å². The van der Waals surface area contributed by atoms with E-state index in [1.54, 1.807) is 20.8 Å². The Balaban J connectivity index is 4.63. The Morgan fingerprint density at radius 2 is 1.30 bits per heavy atom. The van der Waals surface area contributed by atoms with Crippen LogP contribution in [0.4, 0.5) is 0 Å². The molecule has 0 saturated heterocycles. The number of nitrogens with one attached hydrogen (secondary N) is 1. The molecule has 0 fully saturated rings. The van der Waals surface area contributed by atoms with Crippen LogP contribution < -0.4 is 5.32 Å². The molecule has 0 heterocycles. The summed E-state index contributed by atoms with van der Waals surface area (Å²) in [5.41, 5.74) is 0. The first kappa shape index (κ1) is 17.9. The third-order valence-corrected chi connectivity index (χ3v) is 1.96. The molecule has 0 aromatic rings. The zero-order valence-corrected chi connectivity index (χ0v) is 11.8. The molecule has 0 bridgehead atoms. The molecule has 8 nitrogen and oxygen atoms in total. The van der Waals surface area contributed by atoms with Gasteiger partial charge in [0.05, 0.1) is 19.8 Å². The normalized spacial score (nSPS) is 9.80. The first-order chi connectivity index (χ1) is 9.46. The van der Waals surface area contributed by atoms with Gasteiger partial charge in [0.2, 0.25) is 11.9 Å². The van der Waals surface area contributed by atoms with Gasteiger partial charge in [-0.2, -0.15) is 0 Å². The van der Waals surface area contributed by atoms with Crippen LogP contribution in [0.1, 0.15) is 27.2 Å². The van der Waals surface area contributed by atoms with E-state index >= 15 is 0 Å². The zero-order valence-electron chi connectivity index (χ0n) is 11.8. The van der Waals surface area contributed by atoms with Crippen molar-refractivity contribution in [1.82, 2.24) is 5.32 Å². The van der Waals surface area contributed by atoms with Crippen LogP contribution in [0.5, 0.6) is 0 Å². The SMILES string of the molecule is CCOC(=O)CC(=O)NC(C(=O)OCC)C(=O)OCC. The maximum absolute atomic E-state index is 11.6. The molecular formula is C12H19NO7. The van der Waals surface area contributed by atoms with Crippen LogP contribution in [0.25, 0.3) is 0 Å². The molecule has 0 saturated carbocycles. The van der Waals surface area contributed by atoms with Gasteiger partial charge in [-0.3, -0.25) is 9.59 Å². The van der Waals surface area contributed by atoms with E-state index in [1.165, 1.54) is 0 Å². The standard InChI is InChI=1S/C12H19NO7/c1-4-18-9(15)7-8(14)13-10(11(16)19-5-2)12(17)20-6-3/h10H,4-7H2,1-3H3,(H,13,14). The van der Waals surface area contributed by atoms with E-state index in [2.05, 4.69) is 19.5 Å². The second-order valence-corrected chi connectivity index (χ2v) is 3.49. The molecule has 1 amide bonds. The summed E-state index contributed by atoms with van der Waals surface area (Å²) in [4.78, 5) is 45.7. The van der Waals surface area contributed by atoms with E-state index in [0.717, 1.165) is 0 Å². The highest BCUT2D eigenvalue weighted by Gasteiger charge is 2.31. The lowest BCUT2D eigenvalue weighted by Gasteiger charge is -2.15. The largest absolute Gasteiger partial charge is 0.466 e. The Hall–Kier alpha value is -2.12. The van der Waals surface area contributed by atoms with Crippen LogP contribution in [0, 0.1) is 0 Å². The number of amides is 1. The molecule has 1 N–H and O–H groups in total. The van der Waals surface area contributed by atoms with Gasteiger partial charge in [-0.05, 0) is 20.8 Å². The van der Waals surface area contributed by atoms with Crippen molar-refractivity contribution in [2.75, 3.05) is 19.8 Å². The smallest absolute Gasteiger partial charge is 0.340 e. The Kier molecular flexibility index (Phi) is 8.73. The summed E-state index contributed by atoms with van der Waals surface area (Å²) in [6.45, 7) is 4.92. The number of hydrogen-bond donors (Lipinski definition) is 1. The maximum atomic E-state index is 11.6. The minimum absolute atomic E-state index is 0.0441. The highest BCUT2D eigenvalue weighted by Crippen LogP contribution is 1.97. The Bertz CT molecular complexity index is 349. The van der Waals surface area contributed by atoms with Crippen molar-refractivity contribution in [3.63, 3.8) is 0 Å². The van der Waals surface area contributed by atoms with Crippen LogP contribution >= 0.6 is 0 Å². The van der Waals surface area contributed by atoms with Crippen LogP contribution in [-0.4, -0.2) is 49.7 Å². The fourth-order valence-electron chi connectivity index (χ4n) is 1.22. The molecule has 0 radical (unpaired) electrons. The van der Waals surface area contributed by atoms with E-state index in [9.17, 15) is 19.2 Å². The van der Waals surface area contributed by atoms with Crippen LogP contribution in [0.2, 0.25) is 0 Å².